The van der Waals surface area contributed by atoms with E-state index in [0.717, 1.165) is 25.9 Å². The lowest BCUT2D eigenvalue weighted by atomic mass is 10.0. The Morgan fingerprint density at radius 1 is 1.13 bits per heavy atom. The van der Waals surface area contributed by atoms with Gasteiger partial charge < -0.3 is 9.84 Å². The highest BCUT2D eigenvalue weighted by atomic mass is 16.5. The minimum atomic E-state index is -0.108. The zero-order chi connectivity index (χ0) is 10.9. The molecule has 15 heavy (non-hydrogen) atoms. The van der Waals surface area contributed by atoms with Gasteiger partial charge in [0.15, 0.2) is 0 Å². The SMILES string of the molecule is CCCCCCCCC1CC(O)CCO1. The quantitative estimate of drug-likeness (QED) is 0.659. The molecule has 1 N–H and O–H groups in total. The predicted molar refractivity (Wildman–Crippen MR) is 63.0 cm³/mol. The van der Waals surface area contributed by atoms with Gasteiger partial charge in [0.2, 0.25) is 0 Å². The molecule has 2 unspecified atom stereocenters. The highest BCUT2D eigenvalue weighted by Gasteiger charge is 2.19. The van der Waals surface area contributed by atoms with Gasteiger partial charge in [0.05, 0.1) is 12.2 Å². The maximum absolute atomic E-state index is 9.47. The Hall–Kier alpha value is -0.0800. The third kappa shape index (κ3) is 6.16. The monoisotopic (exact) mass is 214 g/mol. The molecule has 1 heterocycles. The van der Waals surface area contributed by atoms with E-state index in [1.54, 1.807) is 0 Å². The van der Waals surface area contributed by atoms with Crippen molar-refractivity contribution in [2.75, 3.05) is 6.61 Å². The van der Waals surface area contributed by atoms with Gasteiger partial charge in [0, 0.05) is 6.61 Å². The van der Waals surface area contributed by atoms with Crippen LogP contribution in [0.2, 0.25) is 0 Å². The van der Waals surface area contributed by atoms with Crippen LogP contribution in [0, 0.1) is 0 Å². The number of hydrogen-bond acceptors (Lipinski definition) is 2. The first-order valence-electron chi connectivity index (χ1n) is 6.62. The van der Waals surface area contributed by atoms with E-state index in [0.29, 0.717) is 6.10 Å². The predicted octanol–water partition coefficient (Wildman–Crippen LogP) is 3.28. The van der Waals surface area contributed by atoms with Crippen molar-refractivity contribution in [3.8, 4) is 0 Å². The minimum Gasteiger partial charge on any atom is -0.393 e. The van der Waals surface area contributed by atoms with Crippen LogP contribution in [0.25, 0.3) is 0 Å². The molecule has 2 atom stereocenters. The fourth-order valence-corrected chi connectivity index (χ4v) is 2.21. The van der Waals surface area contributed by atoms with Gasteiger partial charge in [-0.15, -0.1) is 0 Å². The molecule has 0 spiro atoms. The van der Waals surface area contributed by atoms with Crippen LogP contribution in [0.4, 0.5) is 0 Å². The molecule has 2 nitrogen and oxygen atoms in total. The van der Waals surface area contributed by atoms with Crippen molar-refractivity contribution >= 4 is 0 Å². The molecule has 0 aromatic rings. The van der Waals surface area contributed by atoms with Crippen LogP contribution in [0.1, 0.15) is 64.7 Å². The third-order valence-electron chi connectivity index (χ3n) is 3.22. The molecule has 0 bridgehead atoms. The van der Waals surface area contributed by atoms with Crippen LogP contribution in [-0.4, -0.2) is 23.9 Å². The first kappa shape index (κ1) is 13.0. The summed E-state index contributed by atoms with van der Waals surface area (Å²) in [6.45, 7) is 3.00. The van der Waals surface area contributed by atoms with Crippen LogP contribution >= 0.6 is 0 Å². The molecular weight excluding hydrogens is 188 g/mol. The smallest absolute Gasteiger partial charge is 0.0599 e. The van der Waals surface area contributed by atoms with Gasteiger partial charge in [0.25, 0.3) is 0 Å². The topological polar surface area (TPSA) is 29.5 Å². The summed E-state index contributed by atoms with van der Waals surface area (Å²) in [5.74, 6) is 0. The van der Waals surface area contributed by atoms with Gasteiger partial charge in [-0.2, -0.15) is 0 Å². The van der Waals surface area contributed by atoms with Crippen LogP contribution in [0.5, 0.6) is 0 Å². The van der Waals surface area contributed by atoms with Crippen molar-refractivity contribution in [2.24, 2.45) is 0 Å². The largest absolute Gasteiger partial charge is 0.393 e. The summed E-state index contributed by atoms with van der Waals surface area (Å²) in [7, 11) is 0. The van der Waals surface area contributed by atoms with E-state index in [4.69, 9.17) is 4.74 Å². The van der Waals surface area contributed by atoms with E-state index in [2.05, 4.69) is 6.92 Å². The first-order valence-corrected chi connectivity index (χ1v) is 6.62. The van der Waals surface area contributed by atoms with Crippen molar-refractivity contribution in [3.05, 3.63) is 0 Å². The molecule has 0 aromatic heterocycles. The molecule has 1 aliphatic rings. The maximum Gasteiger partial charge on any atom is 0.0599 e. The maximum atomic E-state index is 9.47. The molecule has 90 valence electrons. The zero-order valence-electron chi connectivity index (χ0n) is 10.1. The number of unbranched alkanes of at least 4 members (excludes halogenated alkanes) is 5. The van der Waals surface area contributed by atoms with Crippen molar-refractivity contribution < 1.29 is 9.84 Å². The summed E-state index contributed by atoms with van der Waals surface area (Å²) in [6, 6.07) is 0. The molecule has 0 aromatic carbocycles. The second-order valence-electron chi connectivity index (χ2n) is 4.73. The van der Waals surface area contributed by atoms with Crippen LogP contribution in [0.3, 0.4) is 0 Å². The van der Waals surface area contributed by atoms with Crippen molar-refractivity contribution in [1.29, 1.82) is 0 Å². The number of rotatable bonds is 7. The average Bonchev–Trinajstić information content (AvgIpc) is 2.23. The summed E-state index contributed by atoms with van der Waals surface area (Å²) in [6.07, 6.45) is 11.1. The van der Waals surface area contributed by atoms with Gasteiger partial charge >= 0.3 is 0 Å². The standard InChI is InChI=1S/C13H26O2/c1-2-3-4-5-6-7-8-13-11-12(14)9-10-15-13/h12-14H,2-11H2,1H3. The summed E-state index contributed by atoms with van der Waals surface area (Å²) in [4.78, 5) is 0. The van der Waals surface area contributed by atoms with Crippen molar-refractivity contribution in [1.82, 2.24) is 0 Å². The van der Waals surface area contributed by atoms with Gasteiger partial charge in [0.1, 0.15) is 0 Å². The Balaban J connectivity index is 1.90. The zero-order valence-corrected chi connectivity index (χ0v) is 10.1. The van der Waals surface area contributed by atoms with Crippen LogP contribution < -0.4 is 0 Å². The lowest BCUT2D eigenvalue weighted by Crippen LogP contribution is -2.28. The Kier molecular flexibility index (Phi) is 7.03. The summed E-state index contributed by atoms with van der Waals surface area (Å²) in [5, 5.41) is 9.47. The summed E-state index contributed by atoms with van der Waals surface area (Å²) in [5.41, 5.74) is 0. The summed E-state index contributed by atoms with van der Waals surface area (Å²) < 4.78 is 5.62. The highest BCUT2D eigenvalue weighted by molar-refractivity contribution is 4.70. The third-order valence-corrected chi connectivity index (χ3v) is 3.22. The minimum absolute atomic E-state index is 0.108. The molecule has 0 amide bonds. The first-order chi connectivity index (χ1) is 7.33. The lowest BCUT2D eigenvalue weighted by molar-refractivity contribution is -0.0470. The van der Waals surface area contributed by atoms with Gasteiger partial charge in [-0.3, -0.25) is 0 Å². The van der Waals surface area contributed by atoms with Crippen LogP contribution in [0.15, 0.2) is 0 Å². The molecule has 0 saturated carbocycles. The van der Waals surface area contributed by atoms with Crippen molar-refractivity contribution in [3.63, 3.8) is 0 Å². The molecule has 1 aliphatic heterocycles. The highest BCUT2D eigenvalue weighted by Crippen LogP contribution is 2.19. The summed E-state index contributed by atoms with van der Waals surface area (Å²) >= 11 is 0. The second-order valence-corrected chi connectivity index (χ2v) is 4.73. The number of hydrogen-bond donors (Lipinski definition) is 1. The Morgan fingerprint density at radius 2 is 1.87 bits per heavy atom. The van der Waals surface area contributed by atoms with E-state index in [1.165, 1.54) is 38.5 Å². The van der Waals surface area contributed by atoms with E-state index < -0.39 is 0 Å². The van der Waals surface area contributed by atoms with Gasteiger partial charge in [-0.25, -0.2) is 0 Å². The number of aliphatic hydroxyl groups excluding tert-OH is 1. The van der Waals surface area contributed by atoms with Gasteiger partial charge in [-0.1, -0.05) is 45.4 Å². The second kappa shape index (κ2) is 8.12. The van der Waals surface area contributed by atoms with E-state index >= 15 is 0 Å². The molecule has 1 fully saturated rings. The Labute approximate surface area is 94.0 Å². The van der Waals surface area contributed by atoms with Gasteiger partial charge in [-0.05, 0) is 19.3 Å². The molecule has 0 radical (unpaired) electrons. The molecular formula is C13H26O2. The lowest BCUT2D eigenvalue weighted by Gasteiger charge is -2.26. The van der Waals surface area contributed by atoms with Crippen LogP contribution in [-0.2, 0) is 4.74 Å². The Morgan fingerprint density at radius 3 is 2.60 bits per heavy atom. The molecule has 1 saturated heterocycles. The molecule has 0 aliphatic carbocycles. The molecule has 2 heteroatoms. The number of ether oxygens (including phenoxy) is 1. The van der Waals surface area contributed by atoms with Crippen molar-refractivity contribution in [2.45, 2.75) is 76.9 Å². The van der Waals surface area contributed by atoms with E-state index in [9.17, 15) is 5.11 Å². The van der Waals surface area contributed by atoms with E-state index in [-0.39, 0.29) is 6.10 Å². The molecule has 1 rings (SSSR count). The Bertz CT molecular complexity index is 147. The normalized spacial score (nSPS) is 26.8. The number of aliphatic hydroxyl groups is 1. The van der Waals surface area contributed by atoms with E-state index in [1.807, 2.05) is 0 Å². The fourth-order valence-electron chi connectivity index (χ4n) is 2.21. The fraction of sp³-hybridized carbons (Fsp3) is 1.00. The average molecular weight is 214 g/mol.